The van der Waals surface area contributed by atoms with Gasteiger partial charge in [0.25, 0.3) is 5.91 Å². The van der Waals surface area contributed by atoms with E-state index in [9.17, 15) is 4.79 Å². The van der Waals surface area contributed by atoms with E-state index in [2.05, 4.69) is 10.3 Å². The number of para-hydroxylation sites is 1. The summed E-state index contributed by atoms with van der Waals surface area (Å²) in [6.45, 7) is 0.484. The molecule has 1 aromatic carbocycles. The zero-order valence-corrected chi connectivity index (χ0v) is 9.89. The highest BCUT2D eigenvalue weighted by Gasteiger charge is 2.08. The Kier molecular flexibility index (Phi) is 3.74. The number of carbonyl (C=O) groups is 1. The number of amides is 1. The number of nitrogens with zero attached hydrogens (tertiary/aromatic N) is 1. The maximum Gasteiger partial charge on any atom is 0.269 e. The molecular weight excluding hydrogens is 230 g/mol. The Bertz CT molecular complexity index is 569. The summed E-state index contributed by atoms with van der Waals surface area (Å²) in [6, 6.07) is 8.98. The van der Waals surface area contributed by atoms with Gasteiger partial charge in [-0.05, 0) is 18.6 Å². The first-order chi connectivity index (χ1) is 8.72. The van der Waals surface area contributed by atoms with Crippen LogP contribution in [0.2, 0.25) is 0 Å². The van der Waals surface area contributed by atoms with Crippen LogP contribution >= 0.6 is 0 Å². The van der Waals surface area contributed by atoms with Gasteiger partial charge < -0.3 is 16.2 Å². The van der Waals surface area contributed by atoms with Crippen molar-refractivity contribution in [3.8, 4) is 0 Å². The van der Waals surface area contributed by atoms with Crippen LogP contribution in [0.4, 0.5) is 5.69 Å². The Morgan fingerprint density at radius 2 is 2.17 bits per heavy atom. The summed E-state index contributed by atoms with van der Waals surface area (Å²) < 4.78 is 0. The van der Waals surface area contributed by atoms with Gasteiger partial charge in [0.2, 0.25) is 0 Å². The molecule has 0 saturated carbocycles. The molecule has 0 saturated heterocycles. The molecule has 0 radical (unpaired) electrons. The summed E-state index contributed by atoms with van der Waals surface area (Å²) in [6.07, 6.45) is 0.529. The number of nitrogen functional groups attached to an aromatic ring is 1. The number of hydrogen-bond donors (Lipinski definition) is 3. The lowest BCUT2D eigenvalue weighted by Gasteiger charge is -2.06. The SMILES string of the molecule is Nc1cccc2ccc(C(=O)NCCCO)nc12. The molecule has 0 aliphatic rings. The van der Waals surface area contributed by atoms with Gasteiger partial charge in [0.05, 0.1) is 11.2 Å². The van der Waals surface area contributed by atoms with Crippen molar-refractivity contribution in [2.75, 3.05) is 18.9 Å². The zero-order valence-electron chi connectivity index (χ0n) is 9.89. The Morgan fingerprint density at radius 1 is 1.33 bits per heavy atom. The summed E-state index contributed by atoms with van der Waals surface area (Å²) in [4.78, 5) is 16.0. The second-order valence-corrected chi connectivity index (χ2v) is 3.95. The number of aliphatic hydroxyl groups is 1. The topological polar surface area (TPSA) is 88.2 Å². The second kappa shape index (κ2) is 5.46. The number of benzene rings is 1. The van der Waals surface area contributed by atoms with Crippen LogP contribution in [0.1, 0.15) is 16.9 Å². The monoisotopic (exact) mass is 245 g/mol. The minimum atomic E-state index is -0.256. The van der Waals surface area contributed by atoms with Crippen LogP contribution in [0, 0.1) is 0 Å². The highest BCUT2D eigenvalue weighted by Crippen LogP contribution is 2.18. The van der Waals surface area contributed by atoms with E-state index in [1.165, 1.54) is 0 Å². The lowest BCUT2D eigenvalue weighted by molar-refractivity contribution is 0.0946. The molecule has 0 bridgehead atoms. The molecule has 1 heterocycles. The van der Waals surface area contributed by atoms with Crippen molar-refractivity contribution in [2.24, 2.45) is 0 Å². The Morgan fingerprint density at radius 3 is 2.94 bits per heavy atom. The molecule has 1 amide bonds. The third kappa shape index (κ3) is 2.57. The molecule has 1 aromatic heterocycles. The number of aliphatic hydroxyl groups excluding tert-OH is 1. The van der Waals surface area contributed by atoms with E-state index in [0.717, 1.165) is 5.39 Å². The summed E-state index contributed by atoms with van der Waals surface area (Å²) in [7, 11) is 0. The van der Waals surface area contributed by atoms with E-state index in [4.69, 9.17) is 10.8 Å². The maximum absolute atomic E-state index is 11.8. The third-order valence-electron chi connectivity index (χ3n) is 2.60. The number of rotatable bonds is 4. The van der Waals surface area contributed by atoms with E-state index in [1.54, 1.807) is 12.1 Å². The number of aromatic nitrogens is 1. The molecule has 4 N–H and O–H groups in total. The fraction of sp³-hybridized carbons (Fsp3) is 0.231. The molecule has 0 aliphatic carbocycles. The molecule has 0 fully saturated rings. The zero-order chi connectivity index (χ0) is 13.0. The molecule has 2 rings (SSSR count). The summed E-state index contributed by atoms with van der Waals surface area (Å²) in [5, 5.41) is 12.2. The molecule has 5 heteroatoms. The summed E-state index contributed by atoms with van der Waals surface area (Å²) >= 11 is 0. The highest BCUT2D eigenvalue weighted by atomic mass is 16.3. The van der Waals surface area contributed by atoms with E-state index < -0.39 is 0 Å². The van der Waals surface area contributed by atoms with Gasteiger partial charge in [0.15, 0.2) is 0 Å². The third-order valence-corrected chi connectivity index (χ3v) is 2.60. The first-order valence-electron chi connectivity index (χ1n) is 5.76. The Balaban J connectivity index is 2.24. The van der Waals surface area contributed by atoms with Crippen LogP contribution in [0.5, 0.6) is 0 Å². The van der Waals surface area contributed by atoms with Gasteiger partial charge in [-0.3, -0.25) is 4.79 Å². The minimum absolute atomic E-state index is 0.0539. The number of anilines is 1. The minimum Gasteiger partial charge on any atom is -0.397 e. The van der Waals surface area contributed by atoms with E-state index in [-0.39, 0.29) is 12.5 Å². The molecular formula is C13H15N3O2. The normalized spacial score (nSPS) is 10.5. The van der Waals surface area contributed by atoms with Crippen LogP contribution in [-0.4, -0.2) is 29.1 Å². The van der Waals surface area contributed by atoms with Crippen molar-refractivity contribution >= 4 is 22.5 Å². The molecule has 0 unspecified atom stereocenters. The van der Waals surface area contributed by atoms with E-state index >= 15 is 0 Å². The van der Waals surface area contributed by atoms with Gasteiger partial charge in [-0.25, -0.2) is 4.98 Å². The van der Waals surface area contributed by atoms with Gasteiger partial charge >= 0.3 is 0 Å². The molecule has 2 aromatic rings. The van der Waals surface area contributed by atoms with Gasteiger partial charge in [-0.1, -0.05) is 18.2 Å². The van der Waals surface area contributed by atoms with Crippen molar-refractivity contribution in [2.45, 2.75) is 6.42 Å². The molecule has 0 atom stereocenters. The first kappa shape index (κ1) is 12.3. The number of hydrogen-bond acceptors (Lipinski definition) is 4. The summed E-state index contributed by atoms with van der Waals surface area (Å²) in [5.41, 5.74) is 7.34. The maximum atomic E-state index is 11.8. The average Bonchev–Trinajstić information content (AvgIpc) is 2.39. The van der Waals surface area contributed by atoms with Crippen molar-refractivity contribution in [3.63, 3.8) is 0 Å². The molecule has 0 spiro atoms. The number of fused-ring (bicyclic) bond motifs is 1. The van der Waals surface area contributed by atoms with Gasteiger partial charge in [0.1, 0.15) is 5.69 Å². The van der Waals surface area contributed by atoms with Crippen molar-refractivity contribution in [1.29, 1.82) is 0 Å². The van der Waals surface area contributed by atoms with Crippen molar-refractivity contribution in [3.05, 3.63) is 36.0 Å². The van der Waals surface area contributed by atoms with Crippen LogP contribution in [-0.2, 0) is 0 Å². The number of nitrogens with one attached hydrogen (secondary N) is 1. The Hall–Kier alpha value is -2.14. The summed E-state index contributed by atoms with van der Waals surface area (Å²) in [5.74, 6) is -0.256. The quantitative estimate of drug-likeness (QED) is 0.552. The predicted molar refractivity (Wildman–Crippen MR) is 70.2 cm³/mol. The van der Waals surface area contributed by atoms with Gasteiger partial charge in [-0.2, -0.15) is 0 Å². The molecule has 18 heavy (non-hydrogen) atoms. The van der Waals surface area contributed by atoms with Gasteiger partial charge in [0, 0.05) is 18.5 Å². The van der Waals surface area contributed by atoms with Crippen molar-refractivity contribution in [1.82, 2.24) is 10.3 Å². The van der Waals surface area contributed by atoms with Crippen molar-refractivity contribution < 1.29 is 9.90 Å². The van der Waals surface area contributed by atoms with Crippen LogP contribution in [0.25, 0.3) is 10.9 Å². The number of pyridine rings is 1. The number of nitrogens with two attached hydrogens (primary N) is 1. The first-order valence-corrected chi connectivity index (χ1v) is 5.76. The molecule has 0 aliphatic heterocycles. The second-order valence-electron chi connectivity index (χ2n) is 3.95. The fourth-order valence-corrected chi connectivity index (χ4v) is 1.67. The Labute approximate surface area is 105 Å². The van der Waals surface area contributed by atoms with Crippen LogP contribution in [0.15, 0.2) is 30.3 Å². The smallest absolute Gasteiger partial charge is 0.269 e. The largest absolute Gasteiger partial charge is 0.397 e. The van der Waals surface area contributed by atoms with Crippen LogP contribution in [0.3, 0.4) is 0 Å². The average molecular weight is 245 g/mol. The standard InChI is InChI=1S/C13H15N3O2/c14-10-4-1-3-9-5-6-11(16-12(9)10)13(18)15-7-2-8-17/h1,3-6,17H,2,7-8,14H2,(H,15,18). The predicted octanol–water partition coefficient (Wildman–Crippen LogP) is 0.929. The van der Waals surface area contributed by atoms with Gasteiger partial charge in [-0.15, -0.1) is 0 Å². The lowest BCUT2D eigenvalue weighted by Crippen LogP contribution is -2.25. The van der Waals surface area contributed by atoms with E-state index in [0.29, 0.717) is 29.9 Å². The lowest BCUT2D eigenvalue weighted by atomic mass is 10.1. The fourth-order valence-electron chi connectivity index (χ4n) is 1.67. The van der Waals surface area contributed by atoms with E-state index in [1.807, 2.05) is 18.2 Å². The molecule has 5 nitrogen and oxygen atoms in total. The molecule has 94 valence electrons. The highest BCUT2D eigenvalue weighted by molar-refractivity contribution is 5.97. The number of carbonyl (C=O) groups excluding carboxylic acids is 1. The van der Waals surface area contributed by atoms with Crippen LogP contribution < -0.4 is 11.1 Å².